The molecule has 29 heavy (non-hydrogen) atoms. The van der Waals surface area contributed by atoms with E-state index in [1.54, 1.807) is 12.5 Å². The lowest BCUT2D eigenvalue weighted by atomic mass is 9.47. The van der Waals surface area contributed by atoms with Crippen molar-refractivity contribution in [2.24, 2.45) is 46.3 Å². The van der Waals surface area contributed by atoms with Crippen LogP contribution in [-0.2, 0) is 14.3 Å². The predicted octanol–water partition coefficient (Wildman–Crippen LogP) is 5.97. The van der Waals surface area contributed by atoms with Crippen LogP contribution in [0.2, 0.25) is 0 Å². The molecule has 3 fully saturated rings. The van der Waals surface area contributed by atoms with Gasteiger partial charge in [-0.2, -0.15) is 0 Å². The number of carbonyl (C=O) groups is 2. The molecule has 3 unspecified atom stereocenters. The number of ether oxygens (including phenoxy) is 1. The van der Waals surface area contributed by atoms with Crippen molar-refractivity contribution in [3.63, 3.8) is 0 Å². The molecule has 0 aliphatic heterocycles. The number of allylic oxidation sites excluding steroid dienone is 2. The van der Waals surface area contributed by atoms with Crippen LogP contribution < -0.4 is 0 Å². The summed E-state index contributed by atoms with van der Waals surface area (Å²) < 4.78 is 5.10. The largest absolute Gasteiger partial charge is 0.469 e. The average Bonchev–Trinajstić information content (AvgIpc) is 3.03. The Morgan fingerprint density at radius 2 is 1.93 bits per heavy atom. The van der Waals surface area contributed by atoms with Gasteiger partial charge in [0, 0.05) is 6.42 Å². The summed E-state index contributed by atoms with van der Waals surface area (Å²) in [5.74, 6) is 3.53. The first-order valence-corrected chi connectivity index (χ1v) is 12.0. The number of methoxy groups -OCH3 is 1. The Bertz CT molecular complexity index is 709. The van der Waals surface area contributed by atoms with Gasteiger partial charge in [-0.15, -0.1) is 0 Å². The minimum absolute atomic E-state index is 0.00102. The van der Waals surface area contributed by atoms with Crippen molar-refractivity contribution in [3.8, 4) is 0 Å². The van der Waals surface area contributed by atoms with E-state index >= 15 is 0 Å². The molecule has 162 valence electrons. The SMILES string of the molecule is COC(=O)[C@@H](C)[C@H]1CCC2C3CCC4C[C@H](CC(C)=O)CC[C@]4(C)C3=CC[C@@]21C. The maximum atomic E-state index is 12.3. The van der Waals surface area contributed by atoms with Crippen LogP contribution in [0, 0.1) is 46.3 Å². The topological polar surface area (TPSA) is 43.4 Å². The molecule has 0 aromatic rings. The van der Waals surface area contributed by atoms with Crippen LogP contribution in [0.4, 0.5) is 0 Å². The second-order valence-corrected chi connectivity index (χ2v) is 11.3. The molecule has 0 spiro atoms. The van der Waals surface area contributed by atoms with E-state index in [1.165, 1.54) is 45.6 Å². The number of hydrogen-bond donors (Lipinski definition) is 0. The van der Waals surface area contributed by atoms with Gasteiger partial charge in [0.2, 0.25) is 0 Å². The molecule has 3 saturated carbocycles. The van der Waals surface area contributed by atoms with E-state index in [9.17, 15) is 9.59 Å². The van der Waals surface area contributed by atoms with Crippen molar-refractivity contribution in [3.05, 3.63) is 11.6 Å². The van der Waals surface area contributed by atoms with Crippen LogP contribution in [-0.4, -0.2) is 18.9 Å². The van der Waals surface area contributed by atoms with Gasteiger partial charge < -0.3 is 9.53 Å². The first-order valence-electron chi connectivity index (χ1n) is 12.0. The molecule has 4 aliphatic rings. The lowest BCUT2D eigenvalue weighted by molar-refractivity contribution is -0.148. The van der Waals surface area contributed by atoms with Crippen LogP contribution >= 0.6 is 0 Å². The van der Waals surface area contributed by atoms with E-state index in [2.05, 4.69) is 26.8 Å². The molecule has 0 aromatic carbocycles. The Hall–Kier alpha value is -1.12. The number of esters is 1. The number of ketones is 1. The molecule has 8 atom stereocenters. The molecule has 0 aromatic heterocycles. The van der Waals surface area contributed by atoms with Gasteiger partial charge in [-0.3, -0.25) is 4.79 Å². The Kier molecular flexibility index (Phi) is 5.49. The Morgan fingerprint density at radius 1 is 1.17 bits per heavy atom. The second-order valence-electron chi connectivity index (χ2n) is 11.3. The highest BCUT2D eigenvalue weighted by Crippen LogP contribution is 2.66. The summed E-state index contributed by atoms with van der Waals surface area (Å²) in [7, 11) is 1.52. The highest BCUT2D eigenvalue weighted by Gasteiger charge is 2.58. The fraction of sp³-hybridized carbons (Fsp3) is 0.846. The number of fused-ring (bicyclic) bond motifs is 5. The number of rotatable bonds is 4. The number of Topliss-reactive ketones (excluding diaryl/α,β-unsaturated/α-hetero) is 1. The first kappa shape index (κ1) is 21.1. The summed E-state index contributed by atoms with van der Waals surface area (Å²) in [5, 5.41) is 0. The zero-order valence-corrected chi connectivity index (χ0v) is 19.1. The molecule has 0 radical (unpaired) electrons. The molecule has 3 nitrogen and oxygen atoms in total. The number of carbonyl (C=O) groups excluding carboxylic acids is 2. The summed E-state index contributed by atoms with van der Waals surface area (Å²) in [5.41, 5.74) is 2.32. The van der Waals surface area contributed by atoms with E-state index in [1.807, 2.05) is 0 Å². The summed E-state index contributed by atoms with van der Waals surface area (Å²) >= 11 is 0. The molecule has 0 amide bonds. The van der Waals surface area contributed by atoms with E-state index < -0.39 is 0 Å². The van der Waals surface area contributed by atoms with E-state index in [0.717, 1.165) is 25.2 Å². The third-order valence-corrected chi connectivity index (χ3v) is 9.96. The lowest BCUT2D eigenvalue weighted by Gasteiger charge is -2.57. The van der Waals surface area contributed by atoms with Gasteiger partial charge in [-0.05, 0) is 98.7 Å². The van der Waals surface area contributed by atoms with E-state index in [4.69, 9.17) is 4.74 Å². The fourth-order valence-electron chi connectivity index (χ4n) is 8.42. The first-order chi connectivity index (χ1) is 13.7. The van der Waals surface area contributed by atoms with Gasteiger partial charge in [0.25, 0.3) is 0 Å². The quantitative estimate of drug-likeness (QED) is 0.431. The molecular formula is C26H40O3. The molecular weight excluding hydrogens is 360 g/mol. The molecule has 0 heterocycles. The molecule has 4 aliphatic carbocycles. The molecule has 0 saturated heterocycles. The minimum atomic E-state index is -0.0360. The third kappa shape index (κ3) is 3.31. The monoisotopic (exact) mass is 400 g/mol. The van der Waals surface area contributed by atoms with Crippen LogP contribution in [0.1, 0.15) is 85.5 Å². The van der Waals surface area contributed by atoms with Crippen LogP contribution in [0.3, 0.4) is 0 Å². The van der Waals surface area contributed by atoms with E-state index in [-0.39, 0.29) is 17.3 Å². The fourth-order valence-corrected chi connectivity index (χ4v) is 8.42. The minimum Gasteiger partial charge on any atom is -0.469 e. The van der Waals surface area contributed by atoms with Gasteiger partial charge in [-0.1, -0.05) is 32.4 Å². The zero-order valence-electron chi connectivity index (χ0n) is 19.1. The van der Waals surface area contributed by atoms with Crippen molar-refractivity contribution in [2.75, 3.05) is 7.11 Å². The van der Waals surface area contributed by atoms with Gasteiger partial charge >= 0.3 is 5.97 Å². The smallest absolute Gasteiger partial charge is 0.308 e. The van der Waals surface area contributed by atoms with Gasteiger partial charge in [0.05, 0.1) is 13.0 Å². The van der Waals surface area contributed by atoms with Crippen LogP contribution in [0.15, 0.2) is 11.6 Å². The van der Waals surface area contributed by atoms with Gasteiger partial charge in [0.15, 0.2) is 0 Å². The summed E-state index contributed by atoms with van der Waals surface area (Å²) in [6.07, 6.45) is 13.3. The van der Waals surface area contributed by atoms with Crippen LogP contribution in [0.25, 0.3) is 0 Å². The Balaban J connectivity index is 1.57. The molecule has 0 bridgehead atoms. The number of hydrogen-bond acceptors (Lipinski definition) is 3. The standard InChI is InChI=1S/C26H40O3/c1-16(27)14-18-10-12-25(3)19(15-18)6-7-20-22-9-8-21(17(2)24(28)29-5)26(22,4)13-11-23(20)25/h11,17-22H,6-10,12-15H2,1-5H3/t17-,18-,19?,20?,21+,22?,25-,26+/m0/s1. The Morgan fingerprint density at radius 3 is 2.62 bits per heavy atom. The van der Waals surface area contributed by atoms with Crippen molar-refractivity contribution in [1.82, 2.24) is 0 Å². The van der Waals surface area contributed by atoms with E-state index in [0.29, 0.717) is 34.9 Å². The van der Waals surface area contributed by atoms with Gasteiger partial charge in [0.1, 0.15) is 5.78 Å². The maximum Gasteiger partial charge on any atom is 0.308 e. The summed E-state index contributed by atoms with van der Waals surface area (Å²) in [6, 6.07) is 0. The summed E-state index contributed by atoms with van der Waals surface area (Å²) in [4.78, 5) is 23.9. The van der Waals surface area contributed by atoms with Crippen molar-refractivity contribution >= 4 is 11.8 Å². The second kappa shape index (κ2) is 7.54. The normalized spacial score (nSPS) is 44.7. The van der Waals surface area contributed by atoms with Crippen molar-refractivity contribution in [1.29, 1.82) is 0 Å². The lowest BCUT2D eigenvalue weighted by Crippen LogP contribution is -2.48. The molecule has 0 N–H and O–H groups in total. The third-order valence-electron chi connectivity index (χ3n) is 9.96. The molecule has 3 heteroatoms. The average molecular weight is 401 g/mol. The molecule has 4 rings (SSSR count). The predicted molar refractivity (Wildman–Crippen MR) is 115 cm³/mol. The van der Waals surface area contributed by atoms with Crippen molar-refractivity contribution in [2.45, 2.75) is 85.5 Å². The summed E-state index contributed by atoms with van der Waals surface area (Å²) in [6.45, 7) is 8.82. The van der Waals surface area contributed by atoms with Gasteiger partial charge in [-0.25, -0.2) is 0 Å². The van der Waals surface area contributed by atoms with Crippen molar-refractivity contribution < 1.29 is 14.3 Å². The maximum absolute atomic E-state index is 12.3. The zero-order chi connectivity index (χ0) is 21.0. The Labute approximate surface area is 177 Å². The highest BCUT2D eigenvalue weighted by molar-refractivity contribution is 5.75. The highest BCUT2D eigenvalue weighted by atomic mass is 16.5. The van der Waals surface area contributed by atoms with Crippen LogP contribution in [0.5, 0.6) is 0 Å².